The molecule has 2 aromatic rings. The fourth-order valence-electron chi connectivity index (χ4n) is 3.98. The molecule has 35 heavy (non-hydrogen) atoms. The van der Waals surface area contributed by atoms with Gasteiger partial charge in [-0.2, -0.15) is 0 Å². The minimum Gasteiger partial charge on any atom is -0.493 e. The summed E-state index contributed by atoms with van der Waals surface area (Å²) in [6, 6.07) is 7.66. The van der Waals surface area contributed by atoms with Gasteiger partial charge in [-0.25, -0.2) is 4.79 Å². The molecular weight excluding hydrogens is 456 g/mol. The summed E-state index contributed by atoms with van der Waals surface area (Å²) in [7, 11) is 0. The lowest BCUT2D eigenvalue weighted by Gasteiger charge is -2.33. The number of carbonyl (C=O) groups is 1. The van der Waals surface area contributed by atoms with E-state index in [1.165, 1.54) is 6.20 Å². The van der Waals surface area contributed by atoms with Gasteiger partial charge in [0.25, 0.3) is 0 Å². The molecular formula is C24H32N4O7. The first-order chi connectivity index (χ1) is 16.7. The molecule has 0 saturated carbocycles. The van der Waals surface area contributed by atoms with E-state index in [0.29, 0.717) is 50.9 Å². The van der Waals surface area contributed by atoms with Crippen LogP contribution in [-0.2, 0) is 11.3 Å². The highest BCUT2D eigenvalue weighted by Crippen LogP contribution is 2.26. The Morgan fingerprint density at radius 2 is 1.71 bits per heavy atom. The van der Waals surface area contributed by atoms with Crippen LogP contribution in [0.1, 0.15) is 40.0 Å². The van der Waals surface area contributed by atoms with E-state index in [1.54, 1.807) is 9.47 Å². The number of imidazole rings is 1. The standard InChI is InChI=1S/C24H32N4O7/c1-24(2,3)35-23(29)26-11-8-17(9-12-26)15-32-18-4-6-19(7-5-18)33-16-20-10-13-27-14-21(28(30)31)25-22(27)34-20/h4-7,14,17,20H,8-13,15-16H2,1-3H3/t20-/m1/s1. The van der Waals surface area contributed by atoms with Crippen molar-refractivity contribution < 1.29 is 28.7 Å². The van der Waals surface area contributed by atoms with Crippen molar-refractivity contribution in [3.05, 3.63) is 40.6 Å². The highest BCUT2D eigenvalue weighted by atomic mass is 16.6. The Bertz CT molecular complexity index is 1020. The zero-order valence-corrected chi connectivity index (χ0v) is 20.3. The minimum atomic E-state index is -0.531. The van der Waals surface area contributed by atoms with Crippen LogP contribution < -0.4 is 14.2 Å². The summed E-state index contributed by atoms with van der Waals surface area (Å²) in [4.78, 5) is 28.2. The van der Waals surface area contributed by atoms with E-state index in [-0.39, 0.29) is 24.0 Å². The van der Waals surface area contributed by atoms with Gasteiger partial charge in [-0.15, -0.1) is 0 Å². The van der Waals surface area contributed by atoms with E-state index in [2.05, 4.69) is 4.98 Å². The van der Waals surface area contributed by atoms with Crippen molar-refractivity contribution in [2.45, 2.75) is 58.3 Å². The van der Waals surface area contributed by atoms with Gasteiger partial charge < -0.3 is 34.0 Å². The second-order valence-corrected chi connectivity index (χ2v) is 9.86. The van der Waals surface area contributed by atoms with Crippen LogP contribution in [0.3, 0.4) is 0 Å². The number of likely N-dealkylation sites (tertiary alicyclic amines) is 1. The molecule has 1 saturated heterocycles. The van der Waals surface area contributed by atoms with Crippen LogP contribution in [0.25, 0.3) is 0 Å². The van der Waals surface area contributed by atoms with E-state index in [4.69, 9.17) is 18.9 Å². The molecule has 0 aliphatic carbocycles. The van der Waals surface area contributed by atoms with Gasteiger partial charge in [0.1, 0.15) is 36.0 Å². The molecule has 2 aliphatic rings. The quantitative estimate of drug-likeness (QED) is 0.423. The number of hydrogen-bond donors (Lipinski definition) is 0. The number of amides is 1. The summed E-state index contributed by atoms with van der Waals surface area (Å²) in [6.45, 7) is 8.46. The van der Waals surface area contributed by atoms with Crippen molar-refractivity contribution in [3.8, 4) is 17.5 Å². The molecule has 0 spiro atoms. The van der Waals surface area contributed by atoms with Crippen LogP contribution in [-0.4, -0.2) is 63.5 Å². The molecule has 4 rings (SSSR count). The molecule has 1 amide bonds. The third-order valence-electron chi connectivity index (χ3n) is 5.89. The molecule has 11 heteroatoms. The van der Waals surface area contributed by atoms with Crippen molar-refractivity contribution in [3.63, 3.8) is 0 Å². The molecule has 11 nitrogen and oxygen atoms in total. The van der Waals surface area contributed by atoms with E-state index >= 15 is 0 Å². The predicted molar refractivity (Wildman–Crippen MR) is 126 cm³/mol. The number of hydrogen-bond acceptors (Lipinski definition) is 8. The Hall–Kier alpha value is -3.50. The van der Waals surface area contributed by atoms with Crippen molar-refractivity contribution >= 4 is 11.9 Å². The average molecular weight is 489 g/mol. The first-order valence-electron chi connectivity index (χ1n) is 11.9. The maximum Gasteiger partial charge on any atom is 0.414 e. The fraction of sp³-hybridized carbons (Fsp3) is 0.583. The Kier molecular flexibility index (Phi) is 7.32. The summed E-state index contributed by atoms with van der Waals surface area (Å²) in [5.74, 6) is 1.61. The second kappa shape index (κ2) is 10.4. The summed E-state index contributed by atoms with van der Waals surface area (Å²) >= 11 is 0. The van der Waals surface area contributed by atoms with Gasteiger partial charge in [-0.1, -0.05) is 0 Å². The number of aryl methyl sites for hydroxylation is 1. The van der Waals surface area contributed by atoms with Crippen LogP contribution in [0.2, 0.25) is 0 Å². The molecule has 1 fully saturated rings. The lowest BCUT2D eigenvalue weighted by atomic mass is 9.98. The molecule has 190 valence electrons. The van der Waals surface area contributed by atoms with Crippen molar-refractivity contribution in [1.82, 2.24) is 14.5 Å². The molecule has 1 atom stereocenters. The lowest BCUT2D eigenvalue weighted by Crippen LogP contribution is -2.42. The predicted octanol–water partition coefficient (Wildman–Crippen LogP) is 4.05. The fourth-order valence-corrected chi connectivity index (χ4v) is 3.98. The number of ether oxygens (including phenoxy) is 4. The van der Waals surface area contributed by atoms with Gasteiger partial charge >= 0.3 is 17.9 Å². The van der Waals surface area contributed by atoms with Gasteiger partial charge in [0.15, 0.2) is 0 Å². The number of aromatic nitrogens is 2. The Labute approximate surface area is 204 Å². The van der Waals surface area contributed by atoms with E-state index in [1.807, 2.05) is 45.0 Å². The molecule has 1 aromatic heterocycles. The molecule has 0 radical (unpaired) electrons. The number of carbonyl (C=O) groups excluding carboxylic acids is 1. The number of nitrogens with zero attached hydrogens (tertiary/aromatic N) is 4. The molecule has 1 aromatic carbocycles. The third-order valence-corrected chi connectivity index (χ3v) is 5.89. The topological polar surface area (TPSA) is 118 Å². The maximum absolute atomic E-state index is 12.2. The second-order valence-electron chi connectivity index (χ2n) is 9.86. The molecule has 3 heterocycles. The van der Waals surface area contributed by atoms with Gasteiger partial charge in [0.2, 0.25) is 0 Å². The highest BCUT2D eigenvalue weighted by molar-refractivity contribution is 5.68. The van der Waals surface area contributed by atoms with Crippen LogP contribution >= 0.6 is 0 Å². The summed E-state index contributed by atoms with van der Waals surface area (Å²) in [5, 5.41) is 10.9. The summed E-state index contributed by atoms with van der Waals surface area (Å²) in [5.41, 5.74) is -0.483. The van der Waals surface area contributed by atoms with Gasteiger partial charge in [-0.3, -0.25) is 4.57 Å². The first kappa shape index (κ1) is 24.6. The van der Waals surface area contributed by atoms with Crippen molar-refractivity contribution in [2.75, 3.05) is 26.3 Å². The first-order valence-corrected chi connectivity index (χ1v) is 11.9. The maximum atomic E-state index is 12.2. The zero-order valence-electron chi connectivity index (χ0n) is 20.3. The van der Waals surface area contributed by atoms with Gasteiger partial charge in [0, 0.05) is 31.0 Å². The highest BCUT2D eigenvalue weighted by Gasteiger charge is 2.29. The number of piperidine rings is 1. The normalized spacial score (nSPS) is 18.4. The van der Waals surface area contributed by atoms with Gasteiger partial charge in [0.05, 0.1) is 6.61 Å². The van der Waals surface area contributed by atoms with E-state index in [0.717, 1.165) is 18.6 Å². The molecule has 0 N–H and O–H groups in total. The molecule has 0 bridgehead atoms. The SMILES string of the molecule is CC(C)(C)OC(=O)N1CCC(COc2ccc(OC[C@H]3CCn4cc([N+](=O)[O-])nc4O3)cc2)CC1. The summed E-state index contributed by atoms with van der Waals surface area (Å²) < 4.78 is 24.6. The smallest absolute Gasteiger partial charge is 0.414 e. The molecule has 2 aliphatic heterocycles. The van der Waals surface area contributed by atoms with Crippen LogP contribution in [0.4, 0.5) is 10.6 Å². The number of fused-ring (bicyclic) bond motifs is 1. The van der Waals surface area contributed by atoms with E-state index in [9.17, 15) is 14.9 Å². The number of benzene rings is 1. The lowest BCUT2D eigenvalue weighted by molar-refractivity contribution is -0.389. The van der Waals surface area contributed by atoms with Crippen LogP contribution in [0.15, 0.2) is 30.5 Å². The van der Waals surface area contributed by atoms with E-state index < -0.39 is 10.5 Å². The van der Waals surface area contributed by atoms with Gasteiger partial charge in [-0.05, 0) is 68.7 Å². The average Bonchev–Trinajstić information content (AvgIpc) is 3.25. The Morgan fingerprint density at radius 1 is 1.09 bits per heavy atom. The van der Waals surface area contributed by atoms with Crippen LogP contribution in [0, 0.1) is 16.0 Å². The number of rotatable bonds is 7. The molecule has 0 unspecified atom stereocenters. The van der Waals surface area contributed by atoms with Crippen LogP contribution in [0.5, 0.6) is 17.5 Å². The monoisotopic (exact) mass is 488 g/mol. The Morgan fingerprint density at radius 3 is 2.31 bits per heavy atom. The third kappa shape index (κ3) is 6.77. The largest absolute Gasteiger partial charge is 0.493 e. The Balaban J connectivity index is 1.17. The number of nitro groups is 1. The van der Waals surface area contributed by atoms with Crippen molar-refractivity contribution in [2.24, 2.45) is 5.92 Å². The summed E-state index contributed by atoms with van der Waals surface area (Å²) in [6.07, 6.45) is 3.33. The van der Waals surface area contributed by atoms with Crippen molar-refractivity contribution in [1.29, 1.82) is 0 Å². The zero-order chi connectivity index (χ0) is 25.0. The minimum absolute atomic E-state index is 0.217.